The molecule has 1 nitrogen and oxygen atoms in total. The van der Waals surface area contributed by atoms with E-state index in [0.717, 1.165) is 18.8 Å². The predicted octanol–water partition coefficient (Wildman–Crippen LogP) is 3.12. The largest absolute Gasteiger partial charge is 0.314 e. The number of rotatable bonds is 2. The molecule has 1 aliphatic rings. The molecule has 0 aliphatic heterocycles. The van der Waals surface area contributed by atoms with Gasteiger partial charge in [0.05, 0.1) is 0 Å². The van der Waals surface area contributed by atoms with Crippen molar-refractivity contribution >= 4 is 0 Å². The van der Waals surface area contributed by atoms with Crippen LogP contribution in [0.5, 0.6) is 0 Å². The minimum Gasteiger partial charge on any atom is -0.314 e. The van der Waals surface area contributed by atoms with Gasteiger partial charge >= 0.3 is 0 Å². The molecule has 0 amide bonds. The molecule has 0 aromatic carbocycles. The molecule has 1 fully saturated rings. The third kappa shape index (κ3) is 1.27. The van der Waals surface area contributed by atoms with Crippen molar-refractivity contribution in [1.82, 2.24) is 0 Å². The molecule has 0 heterocycles. The molecule has 0 unspecified atom stereocenters. The molecule has 62 valence electrons. The lowest BCUT2D eigenvalue weighted by molar-refractivity contribution is 0.0559. The maximum Gasteiger partial charge on any atom is 0.224 e. The maximum absolute atomic E-state index is 6.88. The van der Waals surface area contributed by atoms with Gasteiger partial charge in [-0.05, 0) is 17.8 Å². The van der Waals surface area contributed by atoms with Crippen LogP contribution in [-0.4, -0.2) is 6.04 Å². The fourth-order valence-corrected chi connectivity index (χ4v) is 2.14. The van der Waals surface area contributed by atoms with Crippen LogP contribution in [0.1, 0.15) is 40.0 Å². The van der Waals surface area contributed by atoms with E-state index >= 15 is 0 Å². The molecule has 0 N–H and O–H groups in total. The Morgan fingerprint density at radius 1 is 1.55 bits per heavy atom. The first-order chi connectivity index (χ1) is 5.14. The smallest absolute Gasteiger partial charge is 0.224 e. The monoisotopic (exact) mass is 151 g/mol. The van der Waals surface area contributed by atoms with E-state index in [1.807, 2.05) is 0 Å². The zero-order valence-electron chi connectivity index (χ0n) is 7.72. The third-order valence-electron chi connectivity index (χ3n) is 3.40. The lowest BCUT2D eigenvalue weighted by atomic mass is 9.58. The summed E-state index contributed by atoms with van der Waals surface area (Å²) in [5.41, 5.74) is 0.523. The van der Waals surface area contributed by atoms with Crippen molar-refractivity contribution in [2.45, 2.75) is 46.1 Å². The summed E-state index contributed by atoms with van der Waals surface area (Å²) in [5, 5.41) is 0. The van der Waals surface area contributed by atoms with Gasteiger partial charge in [0.25, 0.3) is 0 Å². The molecule has 0 aromatic rings. The Morgan fingerprint density at radius 3 is 2.36 bits per heavy atom. The number of nitrogens with zero attached hydrogens (tertiary/aromatic N) is 1. The van der Waals surface area contributed by atoms with E-state index in [1.165, 1.54) is 6.42 Å². The van der Waals surface area contributed by atoms with Gasteiger partial charge in [-0.3, -0.25) is 0 Å². The second-order valence-electron chi connectivity index (χ2n) is 4.06. The van der Waals surface area contributed by atoms with Crippen molar-refractivity contribution in [3.63, 3.8) is 0 Å². The minimum absolute atomic E-state index is 0.345. The van der Waals surface area contributed by atoms with E-state index in [1.54, 1.807) is 0 Å². The van der Waals surface area contributed by atoms with E-state index in [4.69, 9.17) is 6.57 Å². The van der Waals surface area contributed by atoms with Crippen molar-refractivity contribution in [2.75, 3.05) is 0 Å². The van der Waals surface area contributed by atoms with Crippen molar-refractivity contribution in [2.24, 2.45) is 11.3 Å². The van der Waals surface area contributed by atoms with Crippen LogP contribution in [0, 0.1) is 17.9 Å². The summed E-state index contributed by atoms with van der Waals surface area (Å²) in [7, 11) is 0. The Hall–Kier alpha value is -0.510. The molecule has 0 saturated heterocycles. The normalized spacial score (nSPS) is 36.5. The van der Waals surface area contributed by atoms with Crippen molar-refractivity contribution in [3.05, 3.63) is 11.4 Å². The van der Waals surface area contributed by atoms with Crippen LogP contribution in [-0.2, 0) is 0 Å². The van der Waals surface area contributed by atoms with Gasteiger partial charge in [0, 0.05) is 12.8 Å². The summed E-state index contributed by atoms with van der Waals surface area (Å²) in [4.78, 5) is 3.57. The number of hydrogen-bond donors (Lipinski definition) is 0. The SMILES string of the molecule is [C-]#[N+][C@H]1C[C@](CC)(C(C)C)C1. The predicted molar refractivity (Wildman–Crippen MR) is 47.2 cm³/mol. The molecule has 1 heteroatoms. The molecular weight excluding hydrogens is 134 g/mol. The van der Waals surface area contributed by atoms with Crippen LogP contribution in [0.25, 0.3) is 4.85 Å². The van der Waals surface area contributed by atoms with Crippen LogP contribution >= 0.6 is 0 Å². The number of hydrogen-bond acceptors (Lipinski definition) is 0. The van der Waals surface area contributed by atoms with Crippen molar-refractivity contribution in [1.29, 1.82) is 0 Å². The highest BCUT2D eigenvalue weighted by Crippen LogP contribution is 2.50. The van der Waals surface area contributed by atoms with E-state index in [9.17, 15) is 0 Å². The summed E-state index contributed by atoms with van der Waals surface area (Å²) < 4.78 is 0. The molecule has 0 aromatic heterocycles. The highest BCUT2D eigenvalue weighted by molar-refractivity contribution is 5.03. The topological polar surface area (TPSA) is 4.36 Å². The fourth-order valence-electron chi connectivity index (χ4n) is 2.14. The Bertz CT molecular complexity index is 170. The van der Waals surface area contributed by atoms with Gasteiger partial charge in [-0.25, -0.2) is 6.57 Å². The second kappa shape index (κ2) is 2.85. The first-order valence-corrected chi connectivity index (χ1v) is 4.51. The van der Waals surface area contributed by atoms with E-state index in [-0.39, 0.29) is 0 Å². The Labute approximate surface area is 69.6 Å². The molecule has 1 rings (SSSR count). The van der Waals surface area contributed by atoms with Crippen LogP contribution in [0.2, 0.25) is 0 Å². The highest BCUT2D eigenvalue weighted by Gasteiger charge is 2.48. The summed E-state index contributed by atoms with van der Waals surface area (Å²) >= 11 is 0. The summed E-state index contributed by atoms with van der Waals surface area (Å²) in [5.74, 6) is 0.755. The molecule has 0 spiro atoms. The second-order valence-corrected chi connectivity index (χ2v) is 4.06. The van der Waals surface area contributed by atoms with E-state index in [2.05, 4.69) is 25.6 Å². The molecule has 1 saturated carbocycles. The van der Waals surface area contributed by atoms with E-state index < -0.39 is 0 Å². The van der Waals surface area contributed by atoms with Crippen LogP contribution in [0.3, 0.4) is 0 Å². The quantitative estimate of drug-likeness (QED) is 0.534. The third-order valence-corrected chi connectivity index (χ3v) is 3.40. The van der Waals surface area contributed by atoms with Crippen molar-refractivity contribution in [3.8, 4) is 0 Å². The van der Waals surface area contributed by atoms with Gasteiger partial charge < -0.3 is 4.85 Å². The van der Waals surface area contributed by atoms with Gasteiger partial charge in [-0.15, -0.1) is 0 Å². The minimum atomic E-state index is 0.345. The molecular formula is C10H17N. The van der Waals surface area contributed by atoms with Crippen molar-refractivity contribution < 1.29 is 0 Å². The van der Waals surface area contributed by atoms with Crippen LogP contribution < -0.4 is 0 Å². The van der Waals surface area contributed by atoms with Crippen LogP contribution in [0.15, 0.2) is 0 Å². The van der Waals surface area contributed by atoms with Gasteiger partial charge in [0.1, 0.15) is 0 Å². The lowest BCUT2D eigenvalue weighted by Crippen LogP contribution is -2.42. The molecule has 0 radical (unpaired) electrons. The van der Waals surface area contributed by atoms with E-state index in [0.29, 0.717) is 11.5 Å². The molecule has 1 aliphatic carbocycles. The molecule has 11 heavy (non-hydrogen) atoms. The molecule has 0 bridgehead atoms. The van der Waals surface area contributed by atoms with Gasteiger partial charge in [-0.1, -0.05) is 20.8 Å². The maximum atomic E-state index is 6.88. The van der Waals surface area contributed by atoms with Gasteiger partial charge in [0.15, 0.2) is 0 Å². The summed E-state index contributed by atoms with van der Waals surface area (Å²) in [6.07, 6.45) is 3.53. The highest BCUT2D eigenvalue weighted by atomic mass is 14.8. The first kappa shape index (κ1) is 8.59. The Balaban J connectivity index is 2.51. The fraction of sp³-hybridized carbons (Fsp3) is 0.900. The average molecular weight is 151 g/mol. The first-order valence-electron chi connectivity index (χ1n) is 4.51. The zero-order valence-corrected chi connectivity index (χ0v) is 7.72. The zero-order chi connectivity index (χ0) is 8.48. The standard InChI is InChI=1S/C10H17N/c1-5-10(8(2)3)6-9(7-10)11-4/h8-9H,5-7H2,1-3H3/t9-,10-. The summed E-state index contributed by atoms with van der Waals surface area (Å²) in [6.45, 7) is 13.7. The lowest BCUT2D eigenvalue weighted by Gasteiger charge is -2.44. The van der Waals surface area contributed by atoms with Gasteiger partial charge in [-0.2, -0.15) is 0 Å². The average Bonchev–Trinajstić information content (AvgIpc) is 1.86. The van der Waals surface area contributed by atoms with Crippen LogP contribution in [0.4, 0.5) is 0 Å². The molecule has 0 atom stereocenters. The Morgan fingerprint density at radius 2 is 2.09 bits per heavy atom. The van der Waals surface area contributed by atoms with Gasteiger partial charge in [0.2, 0.25) is 6.04 Å². The Kier molecular flexibility index (Phi) is 2.23. The summed E-state index contributed by atoms with van der Waals surface area (Å²) in [6, 6.07) is 0.345.